The van der Waals surface area contributed by atoms with Gasteiger partial charge in [0.05, 0.1) is 0 Å². The topological polar surface area (TPSA) is 38.3 Å². The molecule has 3 nitrogen and oxygen atoms in total. The Kier molecular flexibility index (Phi) is 3.22. The zero-order valence-electron chi connectivity index (χ0n) is 10.5. The molecular formula is C15H19NO2. The Morgan fingerprint density at radius 2 is 1.94 bits per heavy atom. The van der Waals surface area contributed by atoms with Gasteiger partial charge in [0, 0.05) is 5.69 Å². The van der Waals surface area contributed by atoms with E-state index >= 15 is 0 Å². The first kappa shape index (κ1) is 11.6. The molecule has 2 aliphatic rings. The van der Waals surface area contributed by atoms with Crippen LogP contribution >= 0.6 is 0 Å². The average molecular weight is 245 g/mol. The van der Waals surface area contributed by atoms with Crippen LogP contribution in [0.5, 0.6) is 0 Å². The van der Waals surface area contributed by atoms with Gasteiger partial charge in [-0.3, -0.25) is 5.32 Å². The molecule has 1 aromatic carbocycles. The molecule has 18 heavy (non-hydrogen) atoms. The van der Waals surface area contributed by atoms with Gasteiger partial charge in [-0.25, -0.2) is 4.79 Å². The van der Waals surface area contributed by atoms with Gasteiger partial charge in [-0.2, -0.15) is 0 Å². The Morgan fingerprint density at radius 3 is 2.78 bits per heavy atom. The quantitative estimate of drug-likeness (QED) is 0.860. The highest BCUT2D eigenvalue weighted by molar-refractivity contribution is 5.84. The summed E-state index contributed by atoms with van der Waals surface area (Å²) in [6.07, 6.45) is 5.96. The molecule has 1 N–H and O–H groups in total. The summed E-state index contributed by atoms with van der Waals surface area (Å²) in [5.74, 6) is 1.42. The normalized spacial score (nSPS) is 29.9. The molecule has 0 heterocycles. The lowest BCUT2D eigenvalue weighted by Gasteiger charge is -2.19. The van der Waals surface area contributed by atoms with Crippen LogP contribution in [0.2, 0.25) is 0 Å². The molecule has 96 valence electrons. The molecule has 2 saturated carbocycles. The second kappa shape index (κ2) is 5.01. The van der Waals surface area contributed by atoms with Crippen molar-refractivity contribution in [3.05, 3.63) is 30.3 Å². The summed E-state index contributed by atoms with van der Waals surface area (Å²) < 4.78 is 5.58. The van der Waals surface area contributed by atoms with Gasteiger partial charge < -0.3 is 4.74 Å². The Bertz CT molecular complexity index is 418. The van der Waals surface area contributed by atoms with Crippen LogP contribution < -0.4 is 5.32 Å². The van der Waals surface area contributed by atoms with Crippen molar-refractivity contribution < 1.29 is 9.53 Å². The largest absolute Gasteiger partial charge is 0.446 e. The summed E-state index contributed by atoms with van der Waals surface area (Å²) >= 11 is 0. The molecule has 2 aliphatic carbocycles. The maximum absolute atomic E-state index is 11.8. The van der Waals surface area contributed by atoms with Crippen LogP contribution in [0.15, 0.2) is 30.3 Å². The summed E-state index contributed by atoms with van der Waals surface area (Å²) in [6, 6.07) is 9.47. The predicted molar refractivity (Wildman–Crippen MR) is 70.4 cm³/mol. The van der Waals surface area contributed by atoms with E-state index in [-0.39, 0.29) is 12.2 Å². The number of nitrogens with one attached hydrogen (secondary N) is 1. The molecule has 0 spiro atoms. The fourth-order valence-electron chi connectivity index (χ4n) is 3.46. The van der Waals surface area contributed by atoms with Crippen molar-refractivity contribution in [2.24, 2.45) is 11.8 Å². The number of carbonyl (C=O) groups is 1. The highest BCUT2D eigenvalue weighted by Gasteiger charge is 2.41. The first-order valence-electron chi connectivity index (χ1n) is 6.85. The Labute approximate surface area is 108 Å². The number of rotatable bonds is 2. The van der Waals surface area contributed by atoms with E-state index in [4.69, 9.17) is 4.74 Å². The van der Waals surface area contributed by atoms with E-state index in [0.717, 1.165) is 18.0 Å². The minimum absolute atomic E-state index is 0.140. The third kappa shape index (κ3) is 2.35. The number of benzene rings is 1. The van der Waals surface area contributed by atoms with Gasteiger partial charge >= 0.3 is 6.09 Å². The molecule has 2 fully saturated rings. The van der Waals surface area contributed by atoms with E-state index in [1.807, 2.05) is 30.3 Å². The third-order valence-electron chi connectivity index (χ3n) is 4.30. The van der Waals surface area contributed by atoms with Crippen LogP contribution in [0.3, 0.4) is 0 Å². The number of ether oxygens (including phenoxy) is 1. The van der Waals surface area contributed by atoms with E-state index in [0.29, 0.717) is 5.92 Å². The van der Waals surface area contributed by atoms with Crippen LogP contribution in [0.1, 0.15) is 32.1 Å². The second-order valence-corrected chi connectivity index (χ2v) is 5.37. The second-order valence-electron chi connectivity index (χ2n) is 5.37. The van der Waals surface area contributed by atoms with Crippen molar-refractivity contribution in [2.75, 3.05) is 5.32 Å². The molecule has 3 rings (SSSR count). The third-order valence-corrected chi connectivity index (χ3v) is 4.30. The fourth-order valence-corrected chi connectivity index (χ4v) is 3.46. The molecule has 3 heteroatoms. The minimum Gasteiger partial charge on any atom is -0.446 e. The highest BCUT2D eigenvalue weighted by Crippen LogP contribution is 2.45. The predicted octanol–water partition coefficient (Wildman–Crippen LogP) is 3.81. The molecule has 1 amide bonds. The van der Waals surface area contributed by atoms with Crippen molar-refractivity contribution in [1.29, 1.82) is 0 Å². The molecule has 0 bridgehead atoms. The molecule has 0 saturated heterocycles. The van der Waals surface area contributed by atoms with Crippen molar-refractivity contribution in [3.8, 4) is 0 Å². The molecule has 3 atom stereocenters. The lowest BCUT2D eigenvalue weighted by atomic mass is 9.99. The lowest BCUT2D eigenvalue weighted by molar-refractivity contribution is 0.0835. The number of para-hydroxylation sites is 1. The zero-order valence-corrected chi connectivity index (χ0v) is 10.5. The van der Waals surface area contributed by atoms with Crippen molar-refractivity contribution in [2.45, 2.75) is 38.2 Å². The van der Waals surface area contributed by atoms with Gasteiger partial charge in [-0.15, -0.1) is 0 Å². The van der Waals surface area contributed by atoms with E-state index in [1.54, 1.807) is 0 Å². The highest BCUT2D eigenvalue weighted by atomic mass is 16.6. The number of fused-ring (bicyclic) bond motifs is 1. The van der Waals surface area contributed by atoms with E-state index < -0.39 is 0 Å². The number of hydrogen-bond acceptors (Lipinski definition) is 2. The first-order chi connectivity index (χ1) is 8.83. The average Bonchev–Trinajstić information content (AvgIpc) is 2.95. The number of amides is 1. The van der Waals surface area contributed by atoms with Gasteiger partial charge in [0.25, 0.3) is 0 Å². The number of hydrogen-bond donors (Lipinski definition) is 1. The van der Waals surface area contributed by atoms with Crippen molar-refractivity contribution in [3.63, 3.8) is 0 Å². The monoisotopic (exact) mass is 245 g/mol. The van der Waals surface area contributed by atoms with E-state index in [2.05, 4.69) is 5.32 Å². The summed E-state index contributed by atoms with van der Waals surface area (Å²) in [4.78, 5) is 11.8. The fraction of sp³-hybridized carbons (Fsp3) is 0.533. The maximum Gasteiger partial charge on any atom is 0.411 e. The van der Waals surface area contributed by atoms with Crippen LogP contribution in [0.4, 0.5) is 10.5 Å². The summed E-state index contributed by atoms with van der Waals surface area (Å²) in [6.45, 7) is 0. The molecular weight excluding hydrogens is 226 g/mol. The molecule has 0 radical (unpaired) electrons. The minimum atomic E-state index is -0.307. The van der Waals surface area contributed by atoms with Gasteiger partial charge in [0.1, 0.15) is 6.10 Å². The van der Waals surface area contributed by atoms with Crippen LogP contribution in [0.25, 0.3) is 0 Å². The summed E-state index contributed by atoms with van der Waals surface area (Å²) in [5, 5.41) is 2.79. The molecule has 1 aromatic rings. The SMILES string of the molecule is O=C(Nc1ccccc1)OC1CCC2CCCC21. The van der Waals surface area contributed by atoms with Gasteiger partial charge in [-0.05, 0) is 43.2 Å². The van der Waals surface area contributed by atoms with Crippen molar-refractivity contribution in [1.82, 2.24) is 0 Å². The Hall–Kier alpha value is -1.51. The molecule has 0 aromatic heterocycles. The van der Waals surface area contributed by atoms with Gasteiger partial charge in [0.2, 0.25) is 0 Å². The lowest BCUT2D eigenvalue weighted by Crippen LogP contribution is -2.25. The number of carbonyl (C=O) groups excluding carboxylic acids is 1. The maximum atomic E-state index is 11.8. The first-order valence-corrected chi connectivity index (χ1v) is 6.85. The van der Waals surface area contributed by atoms with Crippen molar-refractivity contribution >= 4 is 11.8 Å². The molecule has 3 unspecified atom stereocenters. The van der Waals surface area contributed by atoms with Crippen LogP contribution in [0, 0.1) is 11.8 Å². The van der Waals surface area contributed by atoms with Gasteiger partial charge in [0.15, 0.2) is 0 Å². The Balaban J connectivity index is 1.55. The summed E-state index contributed by atoms with van der Waals surface area (Å²) in [7, 11) is 0. The van der Waals surface area contributed by atoms with Crippen LogP contribution in [-0.4, -0.2) is 12.2 Å². The summed E-state index contributed by atoms with van der Waals surface area (Å²) in [5.41, 5.74) is 0.795. The van der Waals surface area contributed by atoms with E-state index in [9.17, 15) is 4.79 Å². The van der Waals surface area contributed by atoms with E-state index in [1.165, 1.54) is 25.7 Å². The van der Waals surface area contributed by atoms with Crippen LogP contribution in [-0.2, 0) is 4.74 Å². The Morgan fingerprint density at radius 1 is 1.11 bits per heavy atom. The molecule has 0 aliphatic heterocycles. The smallest absolute Gasteiger partial charge is 0.411 e. The standard InChI is InChI=1S/C15H19NO2/c17-15(16-12-6-2-1-3-7-12)18-14-10-9-11-5-4-8-13(11)14/h1-3,6-7,11,13-14H,4-5,8-10H2,(H,16,17). The number of anilines is 1. The van der Waals surface area contributed by atoms with Gasteiger partial charge in [-0.1, -0.05) is 31.0 Å². The zero-order chi connectivity index (χ0) is 12.4.